The summed E-state index contributed by atoms with van der Waals surface area (Å²) < 4.78 is 13.1. The van der Waals surface area contributed by atoms with Gasteiger partial charge >= 0.3 is 0 Å². The first-order valence-corrected chi connectivity index (χ1v) is 5.62. The van der Waals surface area contributed by atoms with E-state index in [0.29, 0.717) is 12.8 Å². The maximum atomic E-state index is 13.1. The molecule has 1 amide bonds. The van der Waals surface area contributed by atoms with Crippen LogP contribution in [-0.2, 0) is 4.79 Å². The molecule has 5 heteroatoms. The van der Waals surface area contributed by atoms with Gasteiger partial charge in [-0.25, -0.2) is 4.39 Å². The Morgan fingerprint density at radius 3 is 2.65 bits per heavy atom. The second-order valence-electron chi connectivity index (χ2n) is 4.16. The molecule has 1 aliphatic rings. The van der Waals surface area contributed by atoms with E-state index < -0.39 is 11.2 Å². The largest absolute Gasteiger partial charge is 0.325 e. The molecule has 0 aliphatic heterocycles. The van der Waals surface area contributed by atoms with Crippen LogP contribution >= 0.6 is 11.6 Å². The number of nitrogens with zero attached hydrogens (tertiary/aromatic N) is 1. The number of hydrogen-bond acceptors (Lipinski definition) is 2. The summed E-state index contributed by atoms with van der Waals surface area (Å²) in [5, 5.41) is 11.7. The van der Waals surface area contributed by atoms with Crippen LogP contribution in [0.1, 0.15) is 19.3 Å². The highest BCUT2D eigenvalue weighted by atomic mass is 35.5. The topological polar surface area (TPSA) is 52.9 Å². The Morgan fingerprint density at radius 1 is 1.47 bits per heavy atom. The highest BCUT2D eigenvalue weighted by Crippen LogP contribution is 2.41. The summed E-state index contributed by atoms with van der Waals surface area (Å²) in [5.74, 6) is -0.902. The minimum Gasteiger partial charge on any atom is -0.325 e. The molecule has 0 spiro atoms. The highest BCUT2D eigenvalue weighted by molar-refractivity contribution is 6.30. The van der Waals surface area contributed by atoms with Crippen molar-refractivity contribution in [1.29, 1.82) is 5.26 Å². The lowest BCUT2D eigenvalue weighted by atomic mass is 9.69. The summed E-state index contributed by atoms with van der Waals surface area (Å²) in [6.45, 7) is 0. The van der Waals surface area contributed by atoms with Gasteiger partial charge in [-0.1, -0.05) is 11.6 Å². The second-order valence-corrected chi connectivity index (χ2v) is 4.60. The van der Waals surface area contributed by atoms with Gasteiger partial charge in [-0.2, -0.15) is 5.26 Å². The van der Waals surface area contributed by atoms with E-state index in [0.717, 1.165) is 12.5 Å². The number of benzene rings is 1. The molecule has 1 N–H and O–H groups in total. The first kappa shape index (κ1) is 11.9. The maximum absolute atomic E-state index is 13.1. The number of carbonyl (C=O) groups is 1. The summed E-state index contributed by atoms with van der Waals surface area (Å²) >= 11 is 5.67. The van der Waals surface area contributed by atoms with Crippen molar-refractivity contribution in [2.75, 3.05) is 5.32 Å². The molecule has 0 aromatic heterocycles. The van der Waals surface area contributed by atoms with Gasteiger partial charge < -0.3 is 5.32 Å². The fraction of sp³-hybridized carbons (Fsp3) is 0.333. The summed E-state index contributed by atoms with van der Waals surface area (Å²) in [6, 6.07) is 5.80. The van der Waals surface area contributed by atoms with Crippen molar-refractivity contribution < 1.29 is 9.18 Å². The van der Waals surface area contributed by atoms with Gasteiger partial charge in [-0.3, -0.25) is 4.79 Å². The zero-order valence-electron chi connectivity index (χ0n) is 8.96. The van der Waals surface area contributed by atoms with E-state index >= 15 is 0 Å². The summed E-state index contributed by atoms with van der Waals surface area (Å²) in [4.78, 5) is 11.9. The first-order chi connectivity index (χ1) is 8.05. The van der Waals surface area contributed by atoms with E-state index in [1.54, 1.807) is 0 Å². The lowest BCUT2D eigenvalue weighted by Crippen LogP contribution is -2.40. The van der Waals surface area contributed by atoms with Crippen LogP contribution in [0.15, 0.2) is 18.2 Å². The van der Waals surface area contributed by atoms with Gasteiger partial charge in [0.2, 0.25) is 5.91 Å². The quantitative estimate of drug-likeness (QED) is 0.879. The average molecular weight is 253 g/mol. The molecular formula is C12H10ClFN2O. The van der Waals surface area contributed by atoms with Gasteiger partial charge in [-0.05, 0) is 37.5 Å². The fourth-order valence-electron chi connectivity index (χ4n) is 1.80. The molecule has 88 valence electrons. The smallest absolute Gasteiger partial charge is 0.244 e. The maximum Gasteiger partial charge on any atom is 0.244 e. The number of halogens is 2. The van der Waals surface area contributed by atoms with Crippen LogP contribution in [0, 0.1) is 22.6 Å². The molecule has 1 saturated carbocycles. The lowest BCUT2D eigenvalue weighted by Gasteiger charge is -2.33. The molecule has 0 heterocycles. The number of nitriles is 1. The summed E-state index contributed by atoms with van der Waals surface area (Å²) in [5.41, 5.74) is -0.666. The molecule has 1 aromatic rings. The standard InChI is InChI=1S/C12H10ClFN2O/c13-8-4-9(14)6-10(5-8)16-11(17)12(7-15)2-1-3-12/h4-6H,1-3H2,(H,16,17). The number of hydrogen-bond donors (Lipinski definition) is 1. The molecule has 17 heavy (non-hydrogen) atoms. The van der Waals surface area contributed by atoms with Crippen LogP contribution < -0.4 is 5.32 Å². The van der Waals surface area contributed by atoms with E-state index in [4.69, 9.17) is 16.9 Å². The molecule has 0 saturated heterocycles. The van der Waals surface area contributed by atoms with Gasteiger partial charge in [-0.15, -0.1) is 0 Å². The third-order valence-corrected chi connectivity index (χ3v) is 3.19. The zero-order valence-corrected chi connectivity index (χ0v) is 9.72. The van der Waals surface area contributed by atoms with Crippen LogP contribution in [0.25, 0.3) is 0 Å². The Morgan fingerprint density at radius 2 is 2.18 bits per heavy atom. The van der Waals surface area contributed by atoms with E-state index in [1.807, 2.05) is 6.07 Å². The monoisotopic (exact) mass is 252 g/mol. The van der Waals surface area contributed by atoms with Gasteiger partial charge in [0.05, 0.1) is 6.07 Å². The number of nitrogens with one attached hydrogen (secondary N) is 1. The van der Waals surface area contributed by atoms with Crippen LogP contribution in [0.3, 0.4) is 0 Å². The minimum atomic E-state index is -0.946. The molecule has 3 nitrogen and oxygen atoms in total. The number of amides is 1. The van der Waals surface area contributed by atoms with Gasteiger partial charge in [0.15, 0.2) is 0 Å². The molecule has 0 unspecified atom stereocenters. The van der Waals surface area contributed by atoms with Crippen molar-refractivity contribution in [2.24, 2.45) is 5.41 Å². The minimum absolute atomic E-state index is 0.208. The van der Waals surface area contributed by atoms with Crippen molar-refractivity contribution in [3.05, 3.63) is 29.0 Å². The van der Waals surface area contributed by atoms with E-state index in [1.165, 1.54) is 12.1 Å². The zero-order chi connectivity index (χ0) is 12.5. The molecule has 0 bridgehead atoms. The molecule has 0 radical (unpaired) electrons. The predicted octanol–water partition coefficient (Wildman–Crippen LogP) is 3.11. The van der Waals surface area contributed by atoms with E-state index in [9.17, 15) is 9.18 Å². The number of anilines is 1. The SMILES string of the molecule is N#CC1(C(=O)Nc2cc(F)cc(Cl)c2)CCC1. The Labute approximate surface area is 103 Å². The molecule has 1 fully saturated rings. The Balaban J connectivity index is 2.16. The van der Waals surface area contributed by atoms with Crippen LogP contribution in [0.2, 0.25) is 5.02 Å². The Bertz CT molecular complexity index is 485. The first-order valence-electron chi connectivity index (χ1n) is 5.24. The molecular weight excluding hydrogens is 243 g/mol. The summed E-state index contributed by atoms with van der Waals surface area (Å²) in [7, 11) is 0. The second kappa shape index (κ2) is 4.34. The van der Waals surface area contributed by atoms with Crippen LogP contribution in [0.5, 0.6) is 0 Å². The van der Waals surface area contributed by atoms with Crippen LogP contribution in [0.4, 0.5) is 10.1 Å². The van der Waals surface area contributed by atoms with Crippen molar-refractivity contribution >= 4 is 23.2 Å². The van der Waals surface area contributed by atoms with Crippen molar-refractivity contribution in [1.82, 2.24) is 0 Å². The van der Waals surface area contributed by atoms with Gasteiger partial charge in [0.1, 0.15) is 11.2 Å². The molecule has 2 rings (SSSR count). The van der Waals surface area contributed by atoms with Crippen molar-refractivity contribution in [3.63, 3.8) is 0 Å². The molecule has 0 atom stereocenters. The normalized spacial score (nSPS) is 16.8. The van der Waals surface area contributed by atoms with E-state index in [2.05, 4.69) is 5.32 Å². The Kier molecular flexibility index (Phi) is 3.03. The van der Waals surface area contributed by atoms with Crippen molar-refractivity contribution in [3.8, 4) is 6.07 Å². The van der Waals surface area contributed by atoms with Crippen molar-refractivity contribution in [2.45, 2.75) is 19.3 Å². The third kappa shape index (κ3) is 2.25. The number of carbonyl (C=O) groups excluding carboxylic acids is 1. The molecule has 1 aliphatic carbocycles. The van der Waals surface area contributed by atoms with Gasteiger partial charge in [0.25, 0.3) is 0 Å². The molecule has 1 aromatic carbocycles. The third-order valence-electron chi connectivity index (χ3n) is 2.98. The highest BCUT2D eigenvalue weighted by Gasteiger charge is 2.44. The lowest BCUT2D eigenvalue weighted by molar-refractivity contribution is -0.126. The fourth-order valence-corrected chi connectivity index (χ4v) is 2.02. The number of rotatable bonds is 2. The van der Waals surface area contributed by atoms with Crippen LogP contribution in [-0.4, -0.2) is 5.91 Å². The Hall–Kier alpha value is -1.60. The van der Waals surface area contributed by atoms with E-state index in [-0.39, 0.29) is 16.6 Å². The van der Waals surface area contributed by atoms with Gasteiger partial charge in [0, 0.05) is 10.7 Å². The average Bonchev–Trinajstić information content (AvgIpc) is 2.14. The predicted molar refractivity (Wildman–Crippen MR) is 61.9 cm³/mol. The summed E-state index contributed by atoms with van der Waals surface area (Å²) in [6.07, 6.45) is 1.97.